The van der Waals surface area contributed by atoms with Gasteiger partial charge in [0.1, 0.15) is 5.01 Å². The number of esters is 1. The topological polar surface area (TPSA) is 85.4 Å². The molecule has 0 aliphatic carbocycles. The van der Waals surface area contributed by atoms with Gasteiger partial charge in [-0.3, -0.25) is 14.4 Å². The number of benzene rings is 1. The fourth-order valence-corrected chi connectivity index (χ4v) is 4.27. The molecule has 8 heteroatoms. The largest absolute Gasteiger partial charge is 0.457 e. The minimum absolute atomic E-state index is 0.0243. The van der Waals surface area contributed by atoms with Crippen LogP contribution in [0.2, 0.25) is 0 Å². The van der Waals surface area contributed by atoms with E-state index in [4.69, 9.17) is 4.74 Å². The van der Waals surface area contributed by atoms with Crippen LogP contribution in [0.15, 0.2) is 40.4 Å². The van der Waals surface area contributed by atoms with E-state index in [2.05, 4.69) is 10.3 Å². The molecule has 27 heavy (non-hydrogen) atoms. The van der Waals surface area contributed by atoms with Crippen LogP contribution in [0.1, 0.15) is 21.6 Å². The van der Waals surface area contributed by atoms with Crippen molar-refractivity contribution in [2.75, 3.05) is 11.9 Å². The summed E-state index contributed by atoms with van der Waals surface area (Å²) in [5.74, 6) is -0.891. The van der Waals surface area contributed by atoms with Gasteiger partial charge in [0, 0.05) is 27.6 Å². The van der Waals surface area contributed by atoms with Gasteiger partial charge in [0.05, 0.1) is 18.5 Å². The maximum Gasteiger partial charge on any atom is 0.312 e. The van der Waals surface area contributed by atoms with Crippen molar-refractivity contribution in [2.45, 2.75) is 12.8 Å². The lowest BCUT2D eigenvalue weighted by molar-refractivity contribution is -0.141. The molecule has 0 unspecified atom stereocenters. The number of amides is 1. The number of aromatic nitrogens is 1. The van der Waals surface area contributed by atoms with Gasteiger partial charge in [0.25, 0.3) is 0 Å². The standard InChI is InChI=1S/C19H14N2O4S2/c22-16(11-1-2-15-13(5-11)6-17(23)21-15)8-25-18(24)7-14-10-27-19(20-14)12-3-4-26-9-12/h1-5,9-10H,6-8H2,(H,21,23). The van der Waals surface area contributed by atoms with Crippen molar-refractivity contribution in [3.8, 4) is 10.6 Å². The van der Waals surface area contributed by atoms with E-state index >= 15 is 0 Å². The Kier molecular flexibility index (Phi) is 4.83. The second-order valence-electron chi connectivity index (χ2n) is 6.01. The summed E-state index contributed by atoms with van der Waals surface area (Å²) in [6.45, 7) is -0.333. The lowest BCUT2D eigenvalue weighted by Gasteiger charge is -2.05. The number of hydrogen-bond donors (Lipinski definition) is 1. The van der Waals surface area contributed by atoms with E-state index in [-0.39, 0.29) is 31.1 Å². The molecule has 6 nitrogen and oxygen atoms in total. The van der Waals surface area contributed by atoms with Crippen LogP contribution in [0, 0.1) is 0 Å². The van der Waals surface area contributed by atoms with Gasteiger partial charge in [-0.15, -0.1) is 11.3 Å². The molecule has 0 saturated carbocycles. The van der Waals surface area contributed by atoms with Crippen molar-refractivity contribution in [3.05, 3.63) is 57.2 Å². The van der Waals surface area contributed by atoms with Crippen LogP contribution >= 0.6 is 22.7 Å². The molecule has 2 aromatic heterocycles. The lowest BCUT2D eigenvalue weighted by Crippen LogP contribution is -2.16. The average molecular weight is 398 g/mol. The molecule has 136 valence electrons. The summed E-state index contributed by atoms with van der Waals surface area (Å²) in [6.07, 6.45) is 0.281. The van der Waals surface area contributed by atoms with E-state index in [9.17, 15) is 14.4 Å². The van der Waals surface area contributed by atoms with Gasteiger partial charge in [-0.1, -0.05) is 0 Å². The number of thiophene rings is 1. The zero-order valence-corrected chi connectivity index (χ0v) is 15.7. The summed E-state index contributed by atoms with van der Waals surface area (Å²) >= 11 is 3.06. The second kappa shape index (κ2) is 7.42. The lowest BCUT2D eigenvalue weighted by atomic mass is 10.1. The highest BCUT2D eigenvalue weighted by Crippen LogP contribution is 2.26. The van der Waals surface area contributed by atoms with Gasteiger partial charge in [-0.2, -0.15) is 11.3 Å². The Labute approximate surface area is 162 Å². The molecule has 0 fully saturated rings. The smallest absolute Gasteiger partial charge is 0.312 e. The number of nitrogens with zero attached hydrogens (tertiary/aromatic N) is 1. The summed E-state index contributed by atoms with van der Waals surface area (Å²) < 4.78 is 5.10. The minimum atomic E-state index is -0.497. The van der Waals surface area contributed by atoms with Crippen LogP contribution in [0.3, 0.4) is 0 Å². The van der Waals surface area contributed by atoms with Crippen molar-refractivity contribution in [1.82, 2.24) is 4.98 Å². The van der Waals surface area contributed by atoms with Crippen LogP contribution in [0.4, 0.5) is 5.69 Å². The summed E-state index contributed by atoms with van der Waals surface area (Å²) in [7, 11) is 0. The summed E-state index contributed by atoms with van der Waals surface area (Å²) in [6, 6.07) is 6.95. The molecule has 4 rings (SSSR count). The number of fused-ring (bicyclic) bond motifs is 1. The van der Waals surface area contributed by atoms with Crippen LogP contribution in [-0.2, 0) is 27.2 Å². The predicted molar refractivity (Wildman–Crippen MR) is 103 cm³/mol. The average Bonchev–Trinajstić information content (AvgIpc) is 3.38. The Bertz CT molecular complexity index is 1020. The van der Waals surface area contributed by atoms with Crippen LogP contribution in [0.5, 0.6) is 0 Å². The SMILES string of the molecule is O=C1Cc2cc(C(=O)COC(=O)Cc3csc(-c4ccsc4)n3)ccc2N1. The van der Waals surface area contributed by atoms with E-state index in [1.807, 2.05) is 22.2 Å². The fourth-order valence-electron chi connectivity index (χ4n) is 2.74. The first-order chi connectivity index (χ1) is 13.1. The first-order valence-electron chi connectivity index (χ1n) is 8.17. The second-order valence-corrected chi connectivity index (χ2v) is 7.65. The maximum absolute atomic E-state index is 12.2. The molecule has 0 spiro atoms. The Morgan fingerprint density at radius 1 is 1.22 bits per heavy atom. The monoisotopic (exact) mass is 398 g/mol. The number of thiazole rings is 1. The normalized spacial score (nSPS) is 12.5. The van der Waals surface area contributed by atoms with E-state index in [1.165, 1.54) is 11.3 Å². The summed E-state index contributed by atoms with van der Waals surface area (Å²) in [5.41, 5.74) is 3.58. The van der Waals surface area contributed by atoms with E-state index < -0.39 is 5.97 Å². The third-order valence-electron chi connectivity index (χ3n) is 4.06. The van der Waals surface area contributed by atoms with Gasteiger partial charge in [-0.25, -0.2) is 4.98 Å². The van der Waals surface area contributed by atoms with Gasteiger partial charge in [0.15, 0.2) is 12.4 Å². The zero-order valence-electron chi connectivity index (χ0n) is 14.1. The van der Waals surface area contributed by atoms with E-state index in [0.717, 1.165) is 21.8 Å². The van der Waals surface area contributed by atoms with E-state index in [1.54, 1.807) is 29.5 Å². The third-order valence-corrected chi connectivity index (χ3v) is 5.69. The number of ether oxygens (including phenoxy) is 1. The van der Waals surface area contributed by atoms with Gasteiger partial charge in [0.2, 0.25) is 5.91 Å². The molecule has 0 bridgehead atoms. The van der Waals surface area contributed by atoms with Crippen molar-refractivity contribution in [3.63, 3.8) is 0 Å². The first-order valence-corrected chi connectivity index (χ1v) is 9.99. The number of rotatable bonds is 6. The molecular weight excluding hydrogens is 384 g/mol. The van der Waals surface area contributed by atoms with Gasteiger partial charge in [-0.05, 0) is 35.2 Å². The van der Waals surface area contributed by atoms with Crippen LogP contribution in [-0.4, -0.2) is 29.3 Å². The van der Waals surface area contributed by atoms with Crippen LogP contribution < -0.4 is 5.32 Å². The molecular formula is C19H14N2O4S2. The number of hydrogen-bond acceptors (Lipinski definition) is 7. The number of anilines is 1. The molecule has 0 saturated heterocycles. The number of nitrogens with one attached hydrogen (secondary N) is 1. The Balaban J connectivity index is 1.32. The quantitative estimate of drug-likeness (QED) is 0.508. The Hall–Kier alpha value is -2.84. The number of carbonyl (C=O) groups is 3. The molecule has 0 radical (unpaired) electrons. The third kappa shape index (κ3) is 3.96. The summed E-state index contributed by atoms with van der Waals surface area (Å²) in [5, 5.41) is 9.36. The Morgan fingerprint density at radius 3 is 2.93 bits per heavy atom. The number of carbonyl (C=O) groups excluding carboxylic acids is 3. The Morgan fingerprint density at radius 2 is 2.11 bits per heavy atom. The van der Waals surface area contributed by atoms with Crippen molar-refractivity contribution >= 4 is 46.0 Å². The first kappa shape index (κ1) is 17.6. The molecule has 3 heterocycles. The molecule has 1 aliphatic heterocycles. The highest BCUT2D eigenvalue weighted by Gasteiger charge is 2.20. The fraction of sp³-hybridized carbons (Fsp3) is 0.158. The number of ketones is 1. The summed E-state index contributed by atoms with van der Waals surface area (Å²) in [4.78, 5) is 40.1. The van der Waals surface area contributed by atoms with E-state index in [0.29, 0.717) is 11.3 Å². The van der Waals surface area contributed by atoms with Crippen molar-refractivity contribution in [1.29, 1.82) is 0 Å². The molecule has 1 aliphatic rings. The molecule has 1 aromatic carbocycles. The van der Waals surface area contributed by atoms with Crippen molar-refractivity contribution in [2.24, 2.45) is 0 Å². The number of Topliss-reactive ketones (excluding diaryl/α,β-unsaturated/α-hetero) is 1. The predicted octanol–water partition coefficient (Wildman–Crippen LogP) is 3.33. The molecule has 0 atom stereocenters. The van der Waals surface area contributed by atoms with Crippen LogP contribution in [0.25, 0.3) is 10.6 Å². The van der Waals surface area contributed by atoms with Crippen molar-refractivity contribution < 1.29 is 19.1 Å². The van der Waals surface area contributed by atoms with Gasteiger partial charge < -0.3 is 10.1 Å². The molecule has 1 N–H and O–H groups in total. The van der Waals surface area contributed by atoms with Gasteiger partial charge >= 0.3 is 5.97 Å². The zero-order chi connectivity index (χ0) is 18.8. The molecule has 1 amide bonds. The highest BCUT2D eigenvalue weighted by molar-refractivity contribution is 7.14. The minimum Gasteiger partial charge on any atom is -0.457 e. The highest BCUT2D eigenvalue weighted by atomic mass is 32.1. The maximum atomic E-state index is 12.2. The molecule has 3 aromatic rings.